The van der Waals surface area contributed by atoms with Crippen molar-refractivity contribution in [3.8, 4) is 0 Å². The zero-order valence-electron chi connectivity index (χ0n) is 30.5. The lowest BCUT2D eigenvalue weighted by molar-refractivity contribution is -0.117. The summed E-state index contributed by atoms with van der Waals surface area (Å²) in [5.74, 6) is -0.508. The minimum Gasteiger partial charge on any atom is -0.370 e. The highest BCUT2D eigenvalue weighted by Gasteiger charge is 2.19. The molecule has 16 N–H and O–H groups in total. The first-order valence-corrected chi connectivity index (χ1v) is 19.6. The number of unbranched alkanes of at least 4 members (excludes halogenated alkanes) is 3. The van der Waals surface area contributed by atoms with E-state index in [2.05, 4.69) is 41.2 Å². The fourth-order valence-electron chi connectivity index (χ4n) is 4.89. The van der Waals surface area contributed by atoms with Crippen LogP contribution in [0.2, 0.25) is 0 Å². The number of carbonyl (C=O) groups is 4. The number of nitrogens with two attached hydrogens (primary N) is 6. The van der Waals surface area contributed by atoms with E-state index in [9.17, 15) is 19.2 Å². The number of amides is 4. The summed E-state index contributed by atoms with van der Waals surface area (Å²) in [6.45, 7) is 1.65. The summed E-state index contributed by atoms with van der Waals surface area (Å²) in [4.78, 5) is 69.8. The molecule has 20 heteroatoms. The van der Waals surface area contributed by atoms with Crippen LogP contribution in [0.1, 0.15) is 65.9 Å². The first-order chi connectivity index (χ1) is 26.5. The third-order valence-electron chi connectivity index (χ3n) is 7.40. The van der Waals surface area contributed by atoms with Gasteiger partial charge in [0.2, 0.25) is 11.8 Å². The Bertz CT molecular complexity index is 1820. The van der Waals surface area contributed by atoms with Crippen molar-refractivity contribution < 1.29 is 19.2 Å². The Kier molecular flexibility index (Phi) is 19.2. The molecule has 2 aromatic carbocycles. The van der Waals surface area contributed by atoms with Gasteiger partial charge in [-0.3, -0.25) is 29.2 Å². The molecule has 1 aromatic heterocycles. The first kappa shape index (κ1) is 44.0. The van der Waals surface area contributed by atoms with Crippen molar-refractivity contribution in [3.63, 3.8) is 0 Å². The number of anilines is 4. The van der Waals surface area contributed by atoms with Gasteiger partial charge in [0.05, 0.1) is 32.5 Å². The van der Waals surface area contributed by atoms with Crippen LogP contribution in [0.15, 0.2) is 68.6 Å². The van der Waals surface area contributed by atoms with Gasteiger partial charge in [0, 0.05) is 56.6 Å². The van der Waals surface area contributed by atoms with Crippen molar-refractivity contribution in [2.75, 3.05) is 59.0 Å². The van der Waals surface area contributed by atoms with Gasteiger partial charge < -0.3 is 55.7 Å². The van der Waals surface area contributed by atoms with Gasteiger partial charge in [-0.05, 0) is 49.9 Å². The van der Waals surface area contributed by atoms with Crippen molar-refractivity contribution >= 4 is 81.8 Å². The van der Waals surface area contributed by atoms with E-state index in [0.717, 1.165) is 19.2 Å². The maximum absolute atomic E-state index is 13.5. The largest absolute Gasteiger partial charge is 0.370 e. The molecule has 0 unspecified atom stereocenters. The number of hydrogen-bond donors (Lipinski definition) is 10. The standard InChI is InChI=1S/C35H50N14O4S2/c36-14-18-54-30-22(46-28(50)12-2-1-4-16-42-34(38)39)8-6-10-24(30)48-32(52)26-20-27(45-21-44-26)33(53)49-25-11-7-9-23(31(25)55-19-15-37)47-29(51)13-3-5-17-43-35(40)41/h6-11,20-21H,1-5,12-19,36-37H2,(H,46,50)(H,47,51)(H,48,52)(H,49,53)(H4,38,39,42)(H4,40,41,43). The third-order valence-corrected chi connectivity index (χ3v) is 9.73. The highest BCUT2D eigenvalue weighted by atomic mass is 32.2. The lowest BCUT2D eigenvalue weighted by Crippen LogP contribution is -2.23. The monoisotopic (exact) mass is 794 g/mol. The molecular formula is C35H50N14O4S2. The van der Waals surface area contributed by atoms with Gasteiger partial charge in [0.1, 0.15) is 17.7 Å². The topological polar surface area (TPSA) is 323 Å². The molecule has 3 aromatic rings. The Hall–Kier alpha value is -5.44. The van der Waals surface area contributed by atoms with E-state index in [0.29, 0.717) is 95.9 Å². The zero-order valence-corrected chi connectivity index (χ0v) is 32.1. The first-order valence-electron chi connectivity index (χ1n) is 17.6. The molecule has 0 fully saturated rings. The Balaban J connectivity index is 1.72. The van der Waals surface area contributed by atoms with E-state index >= 15 is 0 Å². The number of rotatable bonds is 23. The Morgan fingerprint density at radius 1 is 0.582 bits per heavy atom. The van der Waals surface area contributed by atoms with Crippen LogP contribution in [0, 0.1) is 0 Å². The molecule has 1 heterocycles. The number of carbonyl (C=O) groups excluding carboxylic acids is 4. The van der Waals surface area contributed by atoms with Crippen molar-refractivity contribution in [2.24, 2.45) is 44.4 Å². The molecule has 0 saturated carbocycles. The predicted molar refractivity (Wildman–Crippen MR) is 221 cm³/mol. The molecule has 0 radical (unpaired) electrons. The summed E-state index contributed by atoms with van der Waals surface area (Å²) in [5.41, 5.74) is 34.7. The highest BCUT2D eigenvalue weighted by molar-refractivity contribution is 7.99. The summed E-state index contributed by atoms with van der Waals surface area (Å²) >= 11 is 2.75. The van der Waals surface area contributed by atoms with Crippen LogP contribution in [-0.4, -0.2) is 83.2 Å². The summed E-state index contributed by atoms with van der Waals surface area (Å²) in [5, 5.41) is 11.5. The fourth-order valence-corrected chi connectivity index (χ4v) is 6.63. The fraction of sp³-hybridized carbons (Fsp3) is 0.371. The number of aromatic nitrogens is 2. The van der Waals surface area contributed by atoms with Gasteiger partial charge in [0.25, 0.3) is 11.8 Å². The molecule has 55 heavy (non-hydrogen) atoms. The maximum atomic E-state index is 13.5. The molecule has 3 rings (SSSR count). The van der Waals surface area contributed by atoms with Gasteiger partial charge in [-0.25, -0.2) is 9.97 Å². The van der Waals surface area contributed by atoms with E-state index < -0.39 is 11.8 Å². The quantitative estimate of drug-likeness (QED) is 0.0285. The molecule has 0 aliphatic heterocycles. The van der Waals surface area contributed by atoms with Crippen LogP contribution in [0.4, 0.5) is 22.7 Å². The third kappa shape index (κ3) is 15.8. The second-order valence-corrected chi connectivity index (χ2v) is 14.0. The zero-order chi connectivity index (χ0) is 40.0. The number of nitrogens with zero attached hydrogens (tertiary/aromatic N) is 4. The van der Waals surface area contributed by atoms with Crippen LogP contribution in [0.5, 0.6) is 0 Å². The second kappa shape index (κ2) is 24.1. The second-order valence-electron chi connectivity index (χ2n) is 11.8. The van der Waals surface area contributed by atoms with E-state index in [1.165, 1.54) is 29.6 Å². The highest BCUT2D eigenvalue weighted by Crippen LogP contribution is 2.36. The van der Waals surface area contributed by atoms with Gasteiger partial charge in [-0.1, -0.05) is 18.6 Å². The minimum absolute atomic E-state index is 0.00342. The average molecular weight is 795 g/mol. The predicted octanol–water partition coefficient (Wildman–Crippen LogP) is 2.24. The maximum Gasteiger partial charge on any atom is 0.274 e. The van der Waals surface area contributed by atoms with E-state index in [-0.39, 0.29) is 41.5 Å². The van der Waals surface area contributed by atoms with Crippen LogP contribution < -0.4 is 55.7 Å². The minimum atomic E-state index is -0.602. The Morgan fingerprint density at radius 2 is 0.982 bits per heavy atom. The lowest BCUT2D eigenvalue weighted by atomic mass is 10.2. The Morgan fingerprint density at radius 3 is 1.40 bits per heavy atom. The smallest absolute Gasteiger partial charge is 0.274 e. The molecule has 0 aliphatic rings. The molecule has 0 spiro atoms. The number of thioether (sulfide) groups is 2. The lowest BCUT2D eigenvalue weighted by Gasteiger charge is -2.16. The van der Waals surface area contributed by atoms with Crippen molar-refractivity contribution in [3.05, 3.63) is 60.2 Å². The molecule has 0 aliphatic carbocycles. The summed E-state index contributed by atoms with van der Waals surface area (Å²) < 4.78 is 0. The van der Waals surface area contributed by atoms with Crippen LogP contribution in [0.3, 0.4) is 0 Å². The SMILES string of the molecule is NCCSc1c(NC(=O)CCCCCN=C(N)N)cccc1NC(=O)c1cc(C(=O)Nc2cccc(NC(=O)CCCCN=C(N)N)c2SCCN)ncn1. The number of aliphatic imine (C=N–C) groups is 2. The van der Waals surface area contributed by atoms with Crippen molar-refractivity contribution in [1.82, 2.24) is 9.97 Å². The van der Waals surface area contributed by atoms with Crippen LogP contribution in [-0.2, 0) is 9.59 Å². The molecule has 0 bridgehead atoms. The van der Waals surface area contributed by atoms with Crippen LogP contribution in [0.25, 0.3) is 0 Å². The van der Waals surface area contributed by atoms with E-state index in [1.54, 1.807) is 36.4 Å². The van der Waals surface area contributed by atoms with Gasteiger partial charge in [0.15, 0.2) is 11.9 Å². The van der Waals surface area contributed by atoms with Gasteiger partial charge in [-0.2, -0.15) is 0 Å². The number of hydrogen-bond acceptors (Lipinski definition) is 12. The van der Waals surface area contributed by atoms with Gasteiger partial charge >= 0.3 is 0 Å². The molecule has 4 amide bonds. The summed E-state index contributed by atoms with van der Waals surface area (Å²) in [6, 6.07) is 11.5. The normalized spacial score (nSPS) is 10.6. The summed E-state index contributed by atoms with van der Waals surface area (Å²) in [7, 11) is 0. The Labute approximate surface area is 328 Å². The number of nitrogens with one attached hydrogen (secondary N) is 4. The molecule has 18 nitrogen and oxygen atoms in total. The number of benzene rings is 2. The van der Waals surface area contributed by atoms with E-state index in [1.807, 2.05) is 0 Å². The van der Waals surface area contributed by atoms with Crippen LogP contribution >= 0.6 is 23.5 Å². The van der Waals surface area contributed by atoms with Crippen molar-refractivity contribution in [2.45, 2.75) is 54.7 Å². The average Bonchev–Trinajstić information content (AvgIpc) is 3.15. The molecular weight excluding hydrogens is 745 g/mol. The van der Waals surface area contributed by atoms with E-state index in [4.69, 9.17) is 34.4 Å². The number of guanidine groups is 2. The van der Waals surface area contributed by atoms with Gasteiger partial charge in [-0.15, -0.1) is 23.5 Å². The summed E-state index contributed by atoms with van der Waals surface area (Å²) in [6.07, 6.45) is 5.06. The molecule has 0 atom stereocenters. The molecule has 296 valence electrons. The van der Waals surface area contributed by atoms with Crippen molar-refractivity contribution in [1.29, 1.82) is 0 Å². The molecule has 0 saturated heterocycles.